The molecule has 0 unspecified atom stereocenters. The number of thioether (sulfide) groups is 1. The van der Waals surface area contributed by atoms with Gasteiger partial charge in [-0.05, 0) is 25.8 Å². The van der Waals surface area contributed by atoms with Gasteiger partial charge in [-0.2, -0.15) is 11.8 Å². The van der Waals surface area contributed by atoms with Crippen LogP contribution in [-0.4, -0.2) is 67.1 Å². The van der Waals surface area contributed by atoms with E-state index in [0.717, 1.165) is 31.3 Å². The van der Waals surface area contributed by atoms with Crippen LogP contribution in [0.3, 0.4) is 0 Å². The first-order chi connectivity index (χ1) is 13.4. The van der Waals surface area contributed by atoms with Gasteiger partial charge >= 0.3 is 0 Å². The quantitative estimate of drug-likeness (QED) is 0.413. The van der Waals surface area contributed by atoms with E-state index >= 15 is 0 Å². The summed E-state index contributed by atoms with van der Waals surface area (Å²) in [4.78, 5) is 7.37. The molecule has 3 rings (SSSR count). The van der Waals surface area contributed by atoms with E-state index in [9.17, 15) is 8.42 Å². The molecule has 1 aliphatic carbocycles. The van der Waals surface area contributed by atoms with Crippen molar-refractivity contribution in [3.63, 3.8) is 0 Å². The Bertz CT molecular complexity index is 764. The van der Waals surface area contributed by atoms with Crippen molar-refractivity contribution < 1.29 is 8.42 Å². The molecule has 2 fully saturated rings. The van der Waals surface area contributed by atoms with Crippen LogP contribution in [-0.2, 0) is 17.1 Å². The predicted molar refractivity (Wildman–Crippen MR) is 116 cm³/mol. The summed E-state index contributed by atoms with van der Waals surface area (Å²) < 4.78 is 29.4. The average Bonchev–Trinajstić information content (AvgIpc) is 3.12. The third-order valence-corrected chi connectivity index (χ3v) is 8.41. The van der Waals surface area contributed by atoms with Gasteiger partial charge in [0.05, 0.1) is 11.4 Å². The molecule has 1 aliphatic heterocycles. The standard InChI is InChI=1S/C19H33N5O2S2/c1-3-20-18(24-13-14-27-19(16-24)8-5-4-6-9-19)21-10-11-22-28(25,26)17-7-12-23(2)15-17/h7,12,15,22H,3-6,8-11,13-14,16H2,1-2H3,(H,20,21). The molecule has 1 spiro atoms. The molecule has 2 heterocycles. The molecule has 2 N–H and O–H groups in total. The van der Waals surface area contributed by atoms with E-state index in [0.29, 0.717) is 17.8 Å². The minimum Gasteiger partial charge on any atom is -0.357 e. The topological polar surface area (TPSA) is 78.7 Å². The third-order valence-electron chi connectivity index (χ3n) is 5.43. The van der Waals surface area contributed by atoms with E-state index in [2.05, 4.69) is 33.6 Å². The molecule has 9 heteroatoms. The van der Waals surface area contributed by atoms with E-state index in [1.54, 1.807) is 23.0 Å². The molecule has 0 amide bonds. The zero-order valence-corrected chi connectivity index (χ0v) is 18.6. The van der Waals surface area contributed by atoms with Crippen molar-refractivity contribution in [3.8, 4) is 0 Å². The second-order valence-electron chi connectivity index (χ2n) is 7.66. The molecule has 2 aliphatic rings. The maximum atomic E-state index is 12.3. The molecule has 1 aromatic heterocycles. The Hall–Kier alpha value is -1.19. The molecule has 7 nitrogen and oxygen atoms in total. The lowest BCUT2D eigenvalue weighted by Crippen LogP contribution is -2.53. The van der Waals surface area contributed by atoms with Crippen molar-refractivity contribution >= 4 is 27.7 Å². The van der Waals surface area contributed by atoms with Crippen LogP contribution in [0.5, 0.6) is 0 Å². The minimum absolute atomic E-state index is 0.290. The summed E-state index contributed by atoms with van der Waals surface area (Å²) in [5, 5.41) is 3.39. The van der Waals surface area contributed by atoms with E-state index in [1.165, 1.54) is 32.1 Å². The largest absolute Gasteiger partial charge is 0.357 e. The molecular formula is C19H33N5O2S2. The number of nitrogens with zero attached hydrogens (tertiary/aromatic N) is 3. The molecule has 28 heavy (non-hydrogen) atoms. The Morgan fingerprint density at radius 2 is 2.11 bits per heavy atom. The summed E-state index contributed by atoms with van der Waals surface area (Å²) in [6.45, 7) is 5.63. The Kier molecular flexibility index (Phi) is 7.33. The van der Waals surface area contributed by atoms with Crippen LogP contribution in [0.25, 0.3) is 0 Å². The lowest BCUT2D eigenvalue weighted by molar-refractivity contribution is 0.293. The first-order valence-corrected chi connectivity index (χ1v) is 12.7. The third kappa shape index (κ3) is 5.45. The van der Waals surface area contributed by atoms with Gasteiger partial charge in [0.2, 0.25) is 10.0 Å². The van der Waals surface area contributed by atoms with Crippen LogP contribution in [0, 0.1) is 0 Å². The monoisotopic (exact) mass is 427 g/mol. The van der Waals surface area contributed by atoms with E-state index in [1.807, 2.05) is 7.05 Å². The van der Waals surface area contributed by atoms with Crippen molar-refractivity contribution in [2.45, 2.75) is 48.7 Å². The first-order valence-electron chi connectivity index (χ1n) is 10.2. The summed E-state index contributed by atoms with van der Waals surface area (Å²) in [5.41, 5.74) is 0. The Balaban J connectivity index is 1.58. The van der Waals surface area contributed by atoms with Gasteiger partial charge < -0.3 is 14.8 Å². The number of rotatable bonds is 6. The average molecular weight is 428 g/mol. The maximum absolute atomic E-state index is 12.3. The summed E-state index contributed by atoms with van der Waals surface area (Å²) in [5.74, 6) is 2.04. The summed E-state index contributed by atoms with van der Waals surface area (Å²) >= 11 is 2.14. The summed E-state index contributed by atoms with van der Waals surface area (Å²) in [7, 11) is -1.67. The van der Waals surface area contributed by atoms with E-state index in [-0.39, 0.29) is 4.90 Å². The lowest BCUT2D eigenvalue weighted by Gasteiger charge is -2.45. The number of aliphatic imine (C=N–C) groups is 1. The van der Waals surface area contributed by atoms with Crippen LogP contribution in [0.4, 0.5) is 0 Å². The fourth-order valence-corrected chi connectivity index (χ4v) is 6.65. The van der Waals surface area contributed by atoms with Crippen molar-refractivity contribution in [2.75, 3.05) is 38.5 Å². The van der Waals surface area contributed by atoms with Gasteiger partial charge in [-0.3, -0.25) is 4.99 Å². The van der Waals surface area contributed by atoms with Gasteiger partial charge in [0.25, 0.3) is 0 Å². The Labute approximate surface area is 173 Å². The molecule has 1 saturated heterocycles. The smallest absolute Gasteiger partial charge is 0.242 e. The fourth-order valence-electron chi connectivity index (χ4n) is 4.01. The van der Waals surface area contributed by atoms with Crippen molar-refractivity contribution in [3.05, 3.63) is 18.5 Å². The number of sulfonamides is 1. The predicted octanol–water partition coefficient (Wildman–Crippen LogP) is 2.02. The number of hydrogen-bond acceptors (Lipinski definition) is 4. The van der Waals surface area contributed by atoms with Gasteiger partial charge in [-0.1, -0.05) is 19.3 Å². The van der Waals surface area contributed by atoms with Crippen molar-refractivity contribution in [2.24, 2.45) is 12.0 Å². The van der Waals surface area contributed by atoms with Crippen molar-refractivity contribution in [1.29, 1.82) is 0 Å². The minimum atomic E-state index is -3.47. The molecule has 158 valence electrons. The number of aryl methyl sites for hydroxylation is 1. The van der Waals surface area contributed by atoms with Gasteiger partial charge in [-0.15, -0.1) is 0 Å². The summed E-state index contributed by atoms with van der Waals surface area (Å²) in [6.07, 6.45) is 9.94. The zero-order valence-electron chi connectivity index (χ0n) is 17.0. The second kappa shape index (κ2) is 9.54. The van der Waals surface area contributed by atoms with Gasteiger partial charge in [0.1, 0.15) is 0 Å². The molecule has 1 aromatic rings. The highest BCUT2D eigenvalue weighted by atomic mass is 32.2. The van der Waals surface area contributed by atoms with Crippen LogP contribution in [0.1, 0.15) is 39.0 Å². The van der Waals surface area contributed by atoms with Crippen LogP contribution in [0.15, 0.2) is 28.3 Å². The van der Waals surface area contributed by atoms with Crippen molar-refractivity contribution in [1.82, 2.24) is 19.5 Å². The maximum Gasteiger partial charge on any atom is 0.242 e. The molecule has 0 atom stereocenters. The van der Waals surface area contributed by atoms with Crippen LogP contribution < -0.4 is 10.0 Å². The molecule has 0 bridgehead atoms. The molecule has 0 radical (unpaired) electrons. The van der Waals surface area contributed by atoms with Crippen LogP contribution >= 0.6 is 11.8 Å². The first kappa shape index (κ1) is 21.5. The van der Waals surface area contributed by atoms with E-state index < -0.39 is 10.0 Å². The van der Waals surface area contributed by atoms with Gasteiger partial charge in [0, 0.05) is 56.1 Å². The highest BCUT2D eigenvalue weighted by molar-refractivity contribution is 8.00. The van der Waals surface area contributed by atoms with Crippen LogP contribution in [0.2, 0.25) is 0 Å². The second-order valence-corrected chi connectivity index (χ2v) is 11.0. The number of guanidine groups is 1. The SMILES string of the molecule is CCNC(=NCCNS(=O)(=O)c1ccn(C)c1)N1CCSC2(CCCCC2)C1. The molecule has 0 aromatic carbocycles. The lowest BCUT2D eigenvalue weighted by atomic mass is 9.87. The molecular weight excluding hydrogens is 394 g/mol. The Morgan fingerprint density at radius 1 is 1.32 bits per heavy atom. The van der Waals surface area contributed by atoms with Gasteiger partial charge in [-0.25, -0.2) is 13.1 Å². The number of aromatic nitrogens is 1. The number of nitrogens with one attached hydrogen (secondary N) is 2. The molecule has 1 saturated carbocycles. The van der Waals surface area contributed by atoms with Gasteiger partial charge in [0.15, 0.2) is 5.96 Å². The fraction of sp³-hybridized carbons (Fsp3) is 0.737. The normalized spacial score (nSPS) is 20.5. The highest BCUT2D eigenvalue weighted by Crippen LogP contribution is 2.42. The summed E-state index contributed by atoms with van der Waals surface area (Å²) in [6, 6.07) is 1.60. The van der Waals surface area contributed by atoms with E-state index in [4.69, 9.17) is 4.99 Å². The number of hydrogen-bond donors (Lipinski definition) is 2. The zero-order chi connectivity index (χ0) is 20.0. The Morgan fingerprint density at radius 3 is 2.79 bits per heavy atom. The highest BCUT2D eigenvalue weighted by Gasteiger charge is 2.38.